The molecule has 1 amide bonds. The SMILES string of the molecule is C=CCOc1ccc(NC(=S)NC(=O)c2ccccc2OCCC)cc1. The summed E-state index contributed by atoms with van der Waals surface area (Å²) in [5.74, 6) is 0.950. The third-order valence-electron chi connectivity index (χ3n) is 3.30. The highest BCUT2D eigenvalue weighted by atomic mass is 32.1. The Morgan fingerprint density at radius 3 is 2.58 bits per heavy atom. The molecular formula is C20H22N2O3S. The topological polar surface area (TPSA) is 59.6 Å². The largest absolute Gasteiger partial charge is 0.493 e. The van der Waals surface area contributed by atoms with Crippen molar-refractivity contribution in [1.82, 2.24) is 5.32 Å². The van der Waals surface area contributed by atoms with Crippen LogP contribution in [0.2, 0.25) is 0 Å². The van der Waals surface area contributed by atoms with Gasteiger partial charge in [0.25, 0.3) is 5.91 Å². The zero-order valence-electron chi connectivity index (χ0n) is 14.7. The highest BCUT2D eigenvalue weighted by Gasteiger charge is 2.13. The number of hydrogen-bond acceptors (Lipinski definition) is 4. The molecule has 0 aliphatic heterocycles. The third-order valence-corrected chi connectivity index (χ3v) is 3.50. The molecular weight excluding hydrogens is 348 g/mol. The molecule has 2 aromatic carbocycles. The maximum Gasteiger partial charge on any atom is 0.261 e. The lowest BCUT2D eigenvalue weighted by Crippen LogP contribution is -2.34. The van der Waals surface area contributed by atoms with E-state index in [2.05, 4.69) is 17.2 Å². The van der Waals surface area contributed by atoms with Gasteiger partial charge in [-0.2, -0.15) is 0 Å². The van der Waals surface area contributed by atoms with Gasteiger partial charge in [0.1, 0.15) is 18.1 Å². The molecule has 0 radical (unpaired) electrons. The summed E-state index contributed by atoms with van der Waals surface area (Å²) in [6.07, 6.45) is 2.54. The lowest BCUT2D eigenvalue weighted by Gasteiger charge is -2.13. The van der Waals surface area contributed by atoms with E-state index in [9.17, 15) is 4.79 Å². The van der Waals surface area contributed by atoms with Crippen LogP contribution in [0.4, 0.5) is 5.69 Å². The summed E-state index contributed by atoms with van der Waals surface area (Å²) >= 11 is 5.22. The van der Waals surface area contributed by atoms with E-state index < -0.39 is 0 Å². The number of benzene rings is 2. The van der Waals surface area contributed by atoms with E-state index in [1.165, 1.54) is 0 Å². The van der Waals surface area contributed by atoms with Gasteiger partial charge in [-0.25, -0.2) is 0 Å². The Hall–Kier alpha value is -2.86. The van der Waals surface area contributed by atoms with Crippen molar-refractivity contribution >= 4 is 28.9 Å². The molecule has 26 heavy (non-hydrogen) atoms. The minimum Gasteiger partial charge on any atom is -0.493 e. The fourth-order valence-corrected chi connectivity index (χ4v) is 2.33. The first kappa shape index (κ1) is 19.5. The number of ether oxygens (including phenoxy) is 2. The molecule has 0 spiro atoms. The normalized spacial score (nSPS) is 9.88. The molecule has 0 saturated carbocycles. The highest BCUT2D eigenvalue weighted by molar-refractivity contribution is 7.80. The first-order valence-corrected chi connectivity index (χ1v) is 8.72. The van der Waals surface area contributed by atoms with Gasteiger partial charge < -0.3 is 14.8 Å². The van der Waals surface area contributed by atoms with Crippen LogP contribution in [0.3, 0.4) is 0 Å². The Labute approximate surface area is 159 Å². The lowest BCUT2D eigenvalue weighted by molar-refractivity contribution is 0.0973. The summed E-state index contributed by atoms with van der Waals surface area (Å²) in [5.41, 5.74) is 1.19. The number of anilines is 1. The fourth-order valence-electron chi connectivity index (χ4n) is 2.11. The molecule has 2 aromatic rings. The van der Waals surface area contributed by atoms with Crippen molar-refractivity contribution in [3.8, 4) is 11.5 Å². The van der Waals surface area contributed by atoms with Crippen molar-refractivity contribution in [2.75, 3.05) is 18.5 Å². The molecule has 0 aromatic heterocycles. The second kappa shape index (κ2) is 10.2. The van der Waals surface area contributed by atoms with E-state index in [0.29, 0.717) is 24.5 Å². The first-order valence-electron chi connectivity index (χ1n) is 8.32. The zero-order valence-corrected chi connectivity index (χ0v) is 15.5. The van der Waals surface area contributed by atoms with Crippen LogP contribution in [0.25, 0.3) is 0 Å². The van der Waals surface area contributed by atoms with Gasteiger partial charge in [-0.3, -0.25) is 10.1 Å². The number of carbonyl (C=O) groups excluding carboxylic acids is 1. The maximum absolute atomic E-state index is 12.5. The molecule has 0 heterocycles. The number of hydrogen-bond donors (Lipinski definition) is 2. The second-order valence-corrected chi connectivity index (χ2v) is 5.79. The van der Waals surface area contributed by atoms with Gasteiger partial charge in [0.2, 0.25) is 0 Å². The van der Waals surface area contributed by atoms with Crippen LogP contribution in [0.15, 0.2) is 61.2 Å². The van der Waals surface area contributed by atoms with Crippen molar-refractivity contribution in [3.05, 3.63) is 66.7 Å². The van der Waals surface area contributed by atoms with Crippen LogP contribution >= 0.6 is 12.2 Å². The molecule has 0 unspecified atom stereocenters. The van der Waals surface area contributed by atoms with Crippen LogP contribution in [-0.2, 0) is 0 Å². The molecule has 136 valence electrons. The van der Waals surface area contributed by atoms with Crippen molar-refractivity contribution in [2.24, 2.45) is 0 Å². The molecule has 2 rings (SSSR count). The van der Waals surface area contributed by atoms with Crippen LogP contribution in [0.1, 0.15) is 23.7 Å². The minimum absolute atomic E-state index is 0.208. The molecule has 0 aliphatic rings. The predicted octanol–water partition coefficient (Wildman–Crippen LogP) is 4.17. The van der Waals surface area contributed by atoms with Gasteiger partial charge >= 0.3 is 0 Å². The summed E-state index contributed by atoms with van der Waals surface area (Å²) in [6, 6.07) is 14.3. The smallest absolute Gasteiger partial charge is 0.261 e. The van der Waals surface area contributed by atoms with Crippen molar-refractivity contribution in [3.63, 3.8) is 0 Å². The number of rotatable bonds is 8. The van der Waals surface area contributed by atoms with Gasteiger partial charge in [0.15, 0.2) is 5.11 Å². The van der Waals surface area contributed by atoms with Gasteiger partial charge in [-0.15, -0.1) is 0 Å². The van der Waals surface area contributed by atoms with Gasteiger partial charge in [0.05, 0.1) is 12.2 Å². The molecule has 0 bridgehead atoms. The number of carbonyl (C=O) groups is 1. The van der Waals surface area contributed by atoms with Crippen LogP contribution in [0, 0.1) is 0 Å². The monoisotopic (exact) mass is 370 g/mol. The molecule has 5 nitrogen and oxygen atoms in total. The summed E-state index contributed by atoms with van der Waals surface area (Å²) in [4.78, 5) is 12.5. The number of thiocarbonyl (C=S) groups is 1. The zero-order chi connectivity index (χ0) is 18.8. The quantitative estimate of drug-likeness (QED) is 0.540. The van der Waals surface area contributed by atoms with E-state index in [4.69, 9.17) is 21.7 Å². The van der Waals surface area contributed by atoms with Crippen LogP contribution in [0.5, 0.6) is 11.5 Å². The summed E-state index contributed by atoms with van der Waals surface area (Å²) < 4.78 is 11.0. The van der Waals surface area contributed by atoms with Crippen molar-refractivity contribution in [1.29, 1.82) is 0 Å². The third kappa shape index (κ3) is 5.89. The molecule has 0 aliphatic carbocycles. The Bertz CT molecular complexity index is 760. The summed E-state index contributed by atoms with van der Waals surface area (Å²) in [6.45, 7) is 6.61. The molecule has 2 N–H and O–H groups in total. The van der Waals surface area contributed by atoms with E-state index in [0.717, 1.165) is 17.9 Å². The standard InChI is InChI=1S/C20H22N2O3S/c1-3-13-24-16-11-9-15(10-12-16)21-20(26)22-19(23)17-7-5-6-8-18(17)25-14-4-2/h3,5-12H,1,4,13-14H2,2H3,(H2,21,22,23,26). The Morgan fingerprint density at radius 1 is 1.15 bits per heavy atom. The van der Waals surface area contributed by atoms with Gasteiger partial charge in [-0.1, -0.05) is 31.7 Å². The average molecular weight is 370 g/mol. The summed E-state index contributed by atoms with van der Waals surface area (Å²) in [5, 5.41) is 5.85. The Balaban J connectivity index is 1.95. The molecule has 6 heteroatoms. The van der Waals surface area contributed by atoms with E-state index in [1.54, 1.807) is 24.3 Å². The lowest BCUT2D eigenvalue weighted by atomic mass is 10.2. The van der Waals surface area contributed by atoms with Crippen molar-refractivity contribution in [2.45, 2.75) is 13.3 Å². The van der Waals surface area contributed by atoms with E-state index >= 15 is 0 Å². The first-order chi connectivity index (χ1) is 12.6. The van der Waals surface area contributed by atoms with Crippen LogP contribution in [-0.4, -0.2) is 24.2 Å². The minimum atomic E-state index is -0.319. The Morgan fingerprint density at radius 2 is 1.88 bits per heavy atom. The second-order valence-electron chi connectivity index (χ2n) is 5.38. The average Bonchev–Trinajstić information content (AvgIpc) is 2.66. The van der Waals surface area contributed by atoms with E-state index in [-0.39, 0.29) is 11.0 Å². The number of para-hydroxylation sites is 1. The highest BCUT2D eigenvalue weighted by Crippen LogP contribution is 2.18. The maximum atomic E-state index is 12.5. The number of nitrogens with one attached hydrogen (secondary N) is 2. The van der Waals surface area contributed by atoms with E-state index in [1.807, 2.05) is 37.3 Å². The van der Waals surface area contributed by atoms with Gasteiger partial charge in [-0.05, 0) is 55.0 Å². The van der Waals surface area contributed by atoms with Gasteiger partial charge in [0, 0.05) is 5.69 Å². The molecule has 0 atom stereocenters. The van der Waals surface area contributed by atoms with Crippen molar-refractivity contribution < 1.29 is 14.3 Å². The summed E-state index contributed by atoms with van der Waals surface area (Å²) in [7, 11) is 0. The molecule has 0 saturated heterocycles. The fraction of sp³-hybridized carbons (Fsp3) is 0.200. The van der Waals surface area contributed by atoms with Crippen LogP contribution < -0.4 is 20.1 Å². The predicted molar refractivity (Wildman–Crippen MR) is 108 cm³/mol. The Kier molecular flexibility index (Phi) is 7.64. The number of amides is 1. The molecule has 0 fully saturated rings.